The molecule has 1 N–H and O–H groups in total. The van der Waals surface area contributed by atoms with Crippen molar-refractivity contribution in [2.75, 3.05) is 7.11 Å². The lowest BCUT2D eigenvalue weighted by Gasteiger charge is -2.31. The Kier molecular flexibility index (Phi) is 2.35. The van der Waals surface area contributed by atoms with Gasteiger partial charge in [-0.15, -0.1) is 0 Å². The van der Waals surface area contributed by atoms with Gasteiger partial charge >= 0.3 is 0 Å². The van der Waals surface area contributed by atoms with Crippen molar-refractivity contribution >= 4 is 11.6 Å². The fourth-order valence-electron chi connectivity index (χ4n) is 1.30. The van der Waals surface area contributed by atoms with Gasteiger partial charge in [0.2, 0.25) is 5.91 Å². The predicted molar refractivity (Wildman–Crippen MR) is 45.9 cm³/mol. The summed E-state index contributed by atoms with van der Waals surface area (Å²) in [7, 11) is 1.51. The maximum Gasteiger partial charge on any atom is 0.221 e. The Balaban J connectivity index is 2.77. The molecule has 0 aliphatic carbocycles. The van der Waals surface area contributed by atoms with Crippen LogP contribution in [0, 0.1) is 0 Å². The Morgan fingerprint density at radius 1 is 1.50 bits per heavy atom. The van der Waals surface area contributed by atoms with Crippen LogP contribution in [0.4, 0.5) is 0 Å². The standard InChI is InChI=1S/C8H14N2O2/c1-8(2)6(10-12-3)4-5-7(11)9-8/h4-5H2,1-3H3,(H,9,11)/b10-6-. The van der Waals surface area contributed by atoms with Crippen LogP contribution in [0.5, 0.6) is 0 Å². The highest BCUT2D eigenvalue weighted by Crippen LogP contribution is 2.16. The highest BCUT2D eigenvalue weighted by molar-refractivity contribution is 6.01. The van der Waals surface area contributed by atoms with E-state index in [1.54, 1.807) is 0 Å². The van der Waals surface area contributed by atoms with E-state index in [0.29, 0.717) is 12.8 Å². The van der Waals surface area contributed by atoms with Gasteiger partial charge < -0.3 is 10.2 Å². The lowest BCUT2D eigenvalue weighted by atomic mass is 9.90. The molecule has 0 radical (unpaired) electrons. The van der Waals surface area contributed by atoms with Crippen molar-refractivity contribution in [2.24, 2.45) is 5.16 Å². The number of oxime groups is 1. The molecule has 0 atom stereocenters. The number of carbonyl (C=O) groups excluding carboxylic acids is 1. The van der Waals surface area contributed by atoms with Crippen molar-refractivity contribution in [3.8, 4) is 0 Å². The first-order chi connectivity index (χ1) is 5.56. The smallest absolute Gasteiger partial charge is 0.221 e. The van der Waals surface area contributed by atoms with E-state index < -0.39 is 0 Å². The van der Waals surface area contributed by atoms with E-state index in [-0.39, 0.29) is 11.4 Å². The minimum absolute atomic E-state index is 0.0788. The van der Waals surface area contributed by atoms with Crippen LogP contribution in [0.15, 0.2) is 5.16 Å². The third-order valence-corrected chi connectivity index (χ3v) is 1.96. The molecule has 0 aromatic rings. The van der Waals surface area contributed by atoms with Crippen LogP contribution in [0.25, 0.3) is 0 Å². The van der Waals surface area contributed by atoms with E-state index >= 15 is 0 Å². The van der Waals surface area contributed by atoms with Gasteiger partial charge in [0.1, 0.15) is 7.11 Å². The van der Waals surface area contributed by atoms with E-state index in [1.807, 2.05) is 13.8 Å². The molecular formula is C8H14N2O2. The molecule has 1 amide bonds. The van der Waals surface area contributed by atoms with Crippen LogP contribution in [-0.2, 0) is 9.63 Å². The summed E-state index contributed by atoms with van der Waals surface area (Å²) in [6.45, 7) is 3.84. The molecule has 0 unspecified atom stereocenters. The van der Waals surface area contributed by atoms with Crippen LogP contribution in [-0.4, -0.2) is 24.3 Å². The molecule has 0 saturated carbocycles. The first-order valence-corrected chi connectivity index (χ1v) is 3.98. The fourth-order valence-corrected chi connectivity index (χ4v) is 1.30. The number of hydrogen-bond donors (Lipinski definition) is 1. The van der Waals surface area contributed by atoms with Crippen molar-refractivity contribution in [1.82, 2.24) is 5.32 Å². The summed E-state index contributed by atoms with van der Waals surface area (Å²) in [5, 5.41) is 6.71. The summed E-state index contributed by atoms with van der Waals surface area (Å²) in [6, 6.07) is 0. The average molecular weight is 170 g/mol. The number of rotatable bonds is 1. The summed E-state index contributed by atoms with van der Waals surface area (Å²) in [5.41, 5.74) is 0.537. The van der Waals surface area contributed by atoms with Crippen LogP contribution in [0.3, 0.4) is 0 Å². The zero-order valence-electron chi connectivity index (χ0n) is 7.68. The molecule has 4 nitrogen and oxygen atoms in total. The van der Waals surface area contributed by atoms with Gasteiger partial charge in [-0.05, 0) is 13.8 Å². The summed E-state index contributed by atoms with van der Waals surface area (Å²) in [6.07, 6.45) is 1.19. The number of hydrogen-bond acceptors (Lipinski definition) is 3. The largest absolute Gasteiger partial charge is 0.399 e. The number of amides is 1. The number of nitrogens with zero attached hydrogens (tertiary/aromatic N) is 1. The molecule has 0 bridgehead atoms. The Labute approximate surface area is 72.0 Å². The van der Waals surface area contributed by atoms with Crippen LogP contribution in [0.2, 0.25) is 0 Å². The maximum absolute atomic E-state index is 11.0. The van der Waals surface area contributed by atoms with Crippen molar-refractivity contribution in [2.45, 2.75) is 32.2 Å². The molecule has 1 rings (SSSR count). The normalized spacial score (nSPS) is 25.2. The van der Waals surface area contributed by atoms with Gasteiger partial charge in [-0.1, -0.05) is 5.16 Å². The predicted octanol–water partition coefficient (Wildman–Crippen LogP) is 0.677. The topological polar surface area (TPSA) is 50.7 Å². The van der Waals surface area contributed by atoms with Crippen LogP contribution < -0.4 is 5.32 Å². The van der Waals surface area contributed by atoms with Gasteiger partial charge in [0, 0.05) is 12.8 Å². The zero-order valence-corrected chi connectivity index (χ0v) is 7.68. The van der Waals surface area contributed by atoms with Crippen molar-refractivity contribution in [3.05, 3.63) is 0 Å². The molecule has 12 heavy (non-hydrogen) atoms. The van der Waals surface area contributed by atoms with Gasteiger partial charge in [0.25, 0.3) is 0 Å². The minimum Gasteiger partial charge on any atom is -0.399 e. The second-order valence-corrected chi connectivity index (χ2v) is 3.39. The molecule has 0 aromatic carbocycles. The Hall–Kier alpha value is -1.06. The number of carbonyl (C=O) groups is 1. The minimum atomic E-state index is -0.356. The highest BCUT2D eigenvalue weighted by atomic mass is 16.6. The summed E-state index contributed by atoms with van der Waals surface area (Å²) >= 11 is 0. The number of piperidine rings is 1. The second kappa shape index (κ2) is 3.13. The molecule has 1 aliphatic rings. The monoisotopic (exact) mass is 170 g/mol. The lowest BCUT2D eigenvalue weighted by Crippen LogP contribution is -2.53. The Morgan fingerprint density at radius 3 is 2.67 bits per heavy atom. The van der Waals surface area contributed by atoms with Crippen LogP contribution in [0.1, 0.15) is 26.7 Å². The molecule has 1 saturated heterocycles. The van der Waals surface area contributed by atoms with Gasteiger partial charge in [-0.2, -0.15) is 0 Å². The summed E-state index contributed by atoms with van der Waals surface area (Å²) in [4.78, 5) is 15.7. The molecule has 0 aromatic heterocycles. The zero-order chi connectivity index (χ0) is 9.19. The molecule has 1 fully saturated rings. The van der Waals surface area contributed by atoms with E-state index in [0.717, 1.165) is 5.71 Å². The van der Waals surface area contributed by atoms with Crippen molar-refractivity contribution < 1.29 is 9.63 Å². The van der Waals surface area contributed by atoms with Crippen molar-refractivity contribution in [1.29, 1.82) is 0 Å². The Morgan fingerprint density at radius 2 is 2.17 bits per heavy atom. The van der Waals surface area contributed by atoms with Crippen molar-refractivity contribution in [3.63, 3.8) is 0 Å². The molecule has 0 spiro atoms. The quantitative estimate of drug-likeness (QED) is 0.588. The average Bonchev–Trinajstić information content (AvgIpc) is 1.94. The maximum atomic E-state index is 11.0. The molecular weight excluding hydrogens is 156 g/mol. The van der Waals surface area contributed by atoms with E-state index in [1.165, 1.54) is 7.11 Å². The first-order valence-electron chi connectivity index (χ1n) is 3.98. The van der Waals surface area contributed by atoms with Gasteiger partial charge in [-0.25, -0.2) is 0 Å². The third kappa shape index (κ3) is 1.75. The molecule has 4 heteroatoms. The lowest BCUT2D eigenvalue weighted by molar-refractivity contribution is -0.122. The molecule has 68 valence electrons. The Bertz CT molecular complexity index is 221. The second-order valence-electron chi connectivity index (χ2n) is 3.39. The van der Waals surface area contributed by atoms with Gasteiger partial charge in [0.15, 0.2) is 0 Å². The SMILES string of the molecule is CO/N=C1/CCC(=O)NC1(C)C. The summed E-state index contributed by atoms with van der Waals surface area (Å²) < 4.78 is 0. The van der Waals surface area contributed by atoms with Gasteiger partial charge in [0.05, 0.1) is 11.3 Å². The molecule has 1 aliphatic heterocycles. The van der Waals surface area contributed by atoms with Crippen LogP contribution >= 0.6 is 0 Å². The highest BCUT2D eigenvalue weighted by Gasteiger charge is 2.32. The fraction of sp³-hybridized carbons (Fsp3) is 0.750. The number of nitrogens with one attached hydrogen (secondary N) is 1. The third-order valence-electron chi connectivity index (χ3n) is 1.96. The first kappa shape index (κ1) is 9.03. The molecule has 1 heterocycles. The van der Waals surface area contributed by atoms with Gasteiger partial charge in [-0.3, -0.25) is 4.79 Å². The van der Waals surface area contributed by atoms with E-state index in [4.69, 9.17) is 0 Å². The van der Waals surface area contributed by atoms with E-state index in [9.17, 15) is 4.79 Å². The summed E-state index contributed by atoms with van der Waals surface area (Å²) in [5.74, 6) is 0.0788. The van der Waals surface area contributed by atoms with E-state index in [2.05, 4.69) is 15.3 Å².